The highest BCUT2D eigenvalue weighted by atomic mass is 35.5. The van der Waals surface area contributed by atoms with Crippen LogP contribution in [0.15, 0.2) is 42.5 Å². The lowest BCUT2D eigenvalue weighted by Gasteiger charge is -2.21. The van der Waals surface area contributed by atoms with E-state index in [-0.39, 0.29) is 0 Å². The molecule has 2 aromatic rings. The number of halogens is 1. The van der Waals surface area contributed by atoms with Crippen LogP contribution in [0.4, 0.5) is 0 Å². The van der Waals surface area contributed by atoms with Crippen molar-refractivity contribution in [3.8, 4) is 0 Å². The first kappa shape index (κ1) is 15.1. The minimum Gasteiger partial charge on any atom is -0.310 e. The van der Waals surface area contributed by atoms with Gasteiger partial charge >= 0.3 is 0 Å². The van der Waals surface area contributed by atoms with Crippen LogP contribution in [0.3, 0.4) is 0 Å². The molecule has 106 valence electrons. The summed E-state index contributed by atoms with van der Waals surface area (Å²) in [5.41, 5.74) is 5.45. The molecular formula is C18H22ClN. The maximum absolute atomic E-state index is 5.98. The predicted molar refractivity (Wildman–Crippen MR) is 87.5 cm³/mol. The molecule has 0 bridgehead atoms. The average molecular weight is 288 g/mol. The topological polar surface area (TPSA) is 12.0 Å². The standard InChI is InChI=1S/C18H22ClN/c1-4-20-18(15-8-10-16(19)11-9-15)12-17-13(2)6-5-7-14(17)3/h5-11,18,20H,4,12H2,1-3H3. The monoisotopic (exact) mass is 287 g/mol. The lowest BCUT2D eigenvalue weighted by Crippen LogP contribution is -2.23. The molecule has 0 saturated heterocycles. The zero-order valence-corrected chi connectivity index (χ0v) is 13.2. The van der Waals surface area contributed by atoms with E-state index in [1.165, 1.54) is 22.3 Å². The van der Waals surface area contributed by atoms with Crippen molar-refractivity contribution in [2.75, 3.05) is 6.54 Å². The van der Waals surface area contributed by atoms with Gasteiger partial charge in [-0.25, -0.2) is 0 Å². The van der Waals surface area contributed by atoms with Gasteiger partial charge < -0.3 is 5.32 Å². The molecule has 2 aromatic carbocycles. The van der Waals surface area contributed by atoms with Crippen molar-refractivity contribution in [3.63, 3.8) is 0 Å². The summed E-state index contributed by atoms with van der Waals surface area (Å²) in [4.78, 5) is 0. The van der Waals surface area contributed by atoms with Crippen molar-refractivity contribution in [1.82, 2.24) is 5.32 Å². The van der Waals surface area contributed by atoms with Gasteiger partial charge in [0.05, 0.1) is 0 Å². The molecule has 1 unspecified atom stereocenters. The van der Waals surface area contributed by atoms with E-state index in [1.54, 1.807) is 0 Å². The fraction of sp³-hybridized carbons (Fsp3) is 0.333. The van der Waals surface area contributed by atoms with Gasteiger partial charge in [0.2, 0.25) is 0 Å². The van der Waals surface area contributed by atoms with Crippen LogP contribution in [0.25, 0.3) is 0 Å². The van der Waals surface area contributed by atoms with Crippen molar-refractivity contribution in [1.29, 1.82) is 0 Å². The number of likely N-dealkylation sites (N-methyl/N-ethyl adjacent to an activating group) is 1. The second kappa shape index (κ2) is 6.92. The van der Waals surface area contributed by atoms with Crippen molar-refractivity contribution < 1.29 is 0 Å². The van der Waals surface area contributed by atoms with Crippen LogP contribution in [0.1, 0.15) is 35.2 Å². The second-order valence-corrected chi connectivity index (χ2v) is 5.67. The summed E-state index contributed by atoms with van der Waals surface area (Å²) in [6.45, 7) is 7.48. The van der Waals surface area contributed by atoms with Gasteiger partial charge in [0.25, 0.3) is 0 Å². The molecule has 0 amide bonds. The second-order valence-electron chi connectivity index (χ2n) is 5.24. The molecule has 0 aliphatic rings. The maximum Gasteiger partial charge on any atom is 0.0406 e. The molecule has 2 rings (SSSR count). The Labute approximate surface area is 127 Å². The van der Waals surface area contributed by atoms with Crippen molar-refractivity contribution >= 4 is 11.6 Å². The van der Waals surface area contributed by atoms with E-state index in [4.69, 9.17) is 11.6 Å². The molecule has 1 atom stereocenters. The molecule has 0 aliphatic heterocycles. The number of benzene rings is 2. The molecule has 0 aromatic heterocycles. The van der Waals surface area contributed by atoms with Crippen LogP contribution < -0.4 is 5.32 Å². The van der Waals surface area contributed by atoms with Gasteiger partial charge in [-0.1, -0.05) is 48.9 Å². The van der Waals surface area contributed by atoms with Crippen molar-refractivity contribution in [2.45, 2.75) is 33.2 Å². The van der Waals surface area contributed by atoms with Crippen molar-refractivity contribution in [2.24, 2.45) is 0 Å². The molecule has 0 spiro atoms. The van der Waals surface area contributed by atoms with E-state index in [0.29, 0.717) is 6.04 Å². The minimum atomic E-state index is 0.331. The van der Waals surface area contributed by atoms with Gasteiger partial charge in [-0.15, -0.1) is 0 Å². The van der Waals surface area contributed by atoms with Crippen LogP contribution in [0, 0.1) is 13.8 Å². The number of rotatable bonds is 5. The molecule has 0 radical (unpaired) electrons. The lowest BCUT2D eigenvalue weighted by molar-refractivity contribution is 0.547. The van der Waals surface area contributed by atoms with E-state index in [2.05, 4.69) is 56.4 Å². The Morgan fingerprint density at radius 1 is 1.00 bits per heavy atom. The predicted octanol–water partition coefficient (Wildman–Crippen LogP) is 4.85. The number of hydrogen-bond donors (Lipinski definition) is 1. The largest absolute Gasteiger partial charge is 0.310 e. The molecule has 2 heteroatoms. The SMILES string of the molecule is CCNC(Cc1c(C)cccc1C)c1ccc(Cl)cc1. The molecule has 0 saturated carbocycles. The van der Waals surface area contributed by atoms with Crippen LogP contribution in [-0.2, 0) is 6.42 Å². The first-order valence-electron chi connectivity index (χ1n) is 7.15. The molecule has 1 nitrogen and oxygen atoms in total. The third-order valence-electron chi connectivity index (χ3n) is 3.78. The highest BCUT2D eigenvalue weighted by molar-refractivity contribution is 6.30. The molecule has 0 heterocycles. The van der Waals surface area contributed by atoms with E-state index < -0.39 is 0 Å². The van der Waals surface area contributed by atoms with E-state index in [9.17, 15) is 0 Å². The van der Waals surface area contributed by atoms with Gasteiger partial charge in [0, 0.05) is 11.1 Å². The minimum absolute atomic E-state index is 0.331. The van der Waals surface area contributed by atoms with E-state index >= 15 is 0 Å². The molecule has 0 aliphatic carbocycles. The van der Waals surface area contributed by atoms with Crippen LogP contribution in [0.5, 0.6) is 0 Å². The zero-order chi connectivity index (χ0) is 14.5. The number of nitrogens with one attached hydrogen (secondary N) is 1. The number of hydrogen-bond acceptors (Lipinski definition) is 1. The fourth-order valence-electron chi connectivity index (χ4n) is 2.62. The molecular weight excluding hydrogens is 266 g/mol. The van der Waals surface area contributed by atoms with Gasteiger partial charge in [0.15, 0.2) is 0 Å². The van der Waals surface area contributed by atoms with Crippen molar-refractivity contribution in [3.05, 3.63) is 69.7 Å². The first-order valence-corrected chi connectivity index (χ1v) is 7.53. The fourth-order valence-corrected chi connectivity index (χ4v) is 2.75. The molecule has 20 heavy (non-hydrogen) atoms. The average Bonchev–Trinajstić information content (AvgIpc) is 2.43. The third-order valence-corrected chi connectivity index (χ3v) is 4.03. The Hall–Kier alpha value is -1.31. The smallest absolute Gasteiger partial charge is 0.0406 e. The summed E-state index contributed by atoms with van der Waals surface area (Å²) >= 11 is 5.98. The quantitative estimate of drug-likeness (QED) is 0.829. The highest BCUT2D eigenvalue weighted by Crippen LogP contribution is 2.24. The Bertz CT molecular complexity index is 540. The van der Waals surface area contributed by atoms with Gasteiger partial charge in [-0.3, -0.25) is 0 Å². The summed E-state index contributed by atoms with van der Waals surface area (Å²) in [6, 6.07) is 15.0. The third kappa shape index (κ3) is 3.62. The van der Waals surface area contributed by atoms with Gasteiger partial charge in [0.1, 0.15) is 0 Å². The van der Waals surface area contributed by atoms with Gasteiger partial charge in [-0.2, -0.15) is 0 Å². The Morgan fingerprint density at radius 3 is 2.15 bits per heavy atom. The summed E-state index contributed by atoms with van der Waals surface area (Å²) in [7, 11) is 0. The lowest BCUT2D eigenvalue weighted by atomic mass is 9.93. The van der Waals surface area contributed by atoms with Gasteiger partial charge in [-0.05, 0) is 61.2 Å². The van der Waals surface area contributed by atoms with Crippen LogP contribution in [0.2, 0.25) is 5.02 Å². The Kier molecular flexibility index (Phi) is 5.22. The maximum atomic E-state index is 5.98. The zero-order valence-electron chi connectivity index (χ0n) is 12.4. The summed E-state index contributed by atoms with van der Waals surface area (Å²) < 4.78 is 0. The number of aryl methyl sites for hydroxylation is 2. The highest BCUT2D eigenvalue weighted by Gasteiger charge is 2.13. The van der Waals surface area contributed by atoms with E-state index in [0.717, 1.165) is 18.0 Å². The van der Waals surface area contributed by atoms with Crippen LogP contribution in [-0.4, -0.2) is 6.54 Å². The summed E-state index contributed by atoms with van der Waals surface area (Å²) in [5.74, 6) is 0. The van der Waals surface area contributed by atoms with Crippen LogP contribution >= 0.6 is 11.6 Å². The first-order chi connectivity index (χ1) is 9.61. The Balaban J connectivity index is 2.28. The Morgan fingerprint density at radius 2 is 1.60 bits per heavy atom. The molecule has 1 N–H and O–H groups in total. The summed E-state index contributed by atoms with van der Waals surface area (Å²) in [5, 5.41) is 4.37. The normalized spacial score (nSPS) is 12.4. The summed E-state index contributed by atoms with van der Waals surface area (Å²) in [6.07, 6.45) is 1.01. The molecule has 0 fully saturated rings. The van der Waals surface area contributed by atoms with E-state index in [1.807, 2.05) is 12.1 Å².